The van der Waals surface area contributed by atoms with E-state index < -0.39 is 0 Å². The summed E-state index contributed by atoms with van der Waals surface area (Å²) in [6.45, 7) is 7.76. The Bertz CT molecular complexity index is 1370. The predicted octanol–water partition coefficient (Wildman–Crippen LogP) is 5.32. The number of carbonyl (C=O) groups is 1. The smallest absolute Gasteiger partial charge is 0.229 e. The van der Waals surface area contributed by atoms with Crippen molar-refractivity contribution in [1.29, 1.82) is 0 Å². The Morgan fingerprint density at radius 2 is 1.94 bits per heavy atom. The van der Waals surface area contributed by atoms with Crippen LogP contribution in [0.15, 0.2) is 60.9 Å². The SMILES string of the molecule is C=CC(=O)Cc1c(Nc2nc(Nc3cc(OC)ncc3C)ncc2C)cccc1OCc1nccs1. The molecule has 0 spiro atoms. The zero-order valence-electron chi connectivity index (χ0n) is 20.2. The van der Waals surface area contributed by atoms with Crippen molar-refractivity contribution in [2.45, 2.75) is 26.9 Å². The minimum Gasteiger partial charge on any atom is -0.486 e. The number of ether oxygens (including phenoxy) is 2. The number of pyridine rings is 1. The van der Waals surface area contributed by atoms with E-state index in [4.69, 9.17) is 9.47 Å². The van der Waals surface area contributed by atoms with Crippen molar-refractivity contribution in [1.82, 2.24) is 19.9 Å². The van der Waals surface area contributed by atoms with Crippen molar-refractivity contribution < 1.29 is 14.3 Å². The van der Waals surface area contributed by atoms with Crippen LogP contribution in [0.2, 0.25) is 0 Å². The predicted molar refractivity (Wildman–Crippen MR) is 141 cm³/mol. The first-order valence-corrected chi connectivity index (χ1v) is 12.0. The van der Waals surface area contributed by atoms with Crippen LogP contribution in [0, 0.1) is 13.8 Å². The highest BCUT2D eigenvalue weighted by Gasteiger charge is 2.15. The van der Waals surface area contributed by atoms with Gasteiger partial charge in [-0.3, -0.25) is 4.79 Å². The Kier molecular flexibility index (Phi) is 7.86. The van der Waals surface area contributed by atoms with Crippen molar-refractivity contribution in [3.63, 3.8) is 0 Å². The fourth-order valence-corrected chi connectivity index (χ4v) is 3.87. The lowest BCUT2D eigenvalue weighted by molar-refractivity contribution is -0.114. The maximum absolute atomic E-state index is 12.3. The number of aryl methyl sites for hydroxylation is 2. The first kappa shape index (κ1) is 24.8. The molecule has 3 heterocycles. The second-order valence-corrected chi connectivity index (χ2v) is 8.84. The Balaban J connectivity index is 1.63. The van der Waals surface area contributed by atoms with E-state index in [1.807, 2.05) is 37.4 Å². The third-order valence-electron chi connectivity index (χ3n) is 5.30. The Labute approximate surface area is 213 Å². The Morgan fingerprint density at radius 1 is 1.11 bits per heavy atom. The number of rotatable bonds is 11. The average molecular weight is 503 g/mol. The van der Waals surface area contributed by atoms with E-state index in [0.29, 0.717) is 41.3 Å². The lowest BCUT2D eigenvalue weighted by Gasteiger charge is -2.17. The number of hydrogen-bond donors (Lipinski definition) is 2. The summed E-state index contributed by atoms with van der Waals surface area (Å²) in [7, 11) is 1.56. The van der Waals surface area contributed by atoms with Crippen LogP contribution in [0.5, 0.6) is 11.6 Å². The maximum Gasteiger partial charge on any atom is 0.229 e. The van der Waals surface area contributed by atoms with Gasteiger partial charge in [-0.1, -0.05) is 12.6 Å². The molecule has 9 nitrogen and oxygen atoms in total. The zero-order chi connectivity index (χ0) is 25.5. The molecular formula is C26H26N6O3S. The first-order chi connectivity index (χ1) is 17.5. The molecule has 4 aromatic rings. The Morgan fingerprint density at radius 3 is 2.69 bits per heavy atom. The van der Waals surface area contributed by atoms with Crippen LogP contribution in [0.4, 0.5) is 23.1 Å². The van der Waals surface area contributed by atoms with Crippen molar-refractivity contribution in [3.8, 4) is 11.6 Å². The third-order valence-corrected chi connectivity index (χ3v) is 6.06. The van der Waals surface area contributed by atoms with Crippen LogP contribution in [0.3, 0.4) is 0 Å². The second kappa shape index (κ2) is 11.4. The van der Waals surface area contributed by atoms with E-state index in [9.17, 15) is 4.79 Å². The van der Waals surface area contributed by atoms with Gasteiger partial charge in [0.15, 0.2) is 5.78 Å². The molecule has 0 unspecified atom stereocenters. The van der Waals surface area contributed by atoms with Gasteiger partial charge in [-0.05, 0) is 37.6 Å². The molecule has 0 amide bonds. The number of carbonyl (C=O) groups excluding carboxylic acids is 1. The number of thiazole rings is 1. The zero-order valence-corrected chi connectivity index (χ0v) is 21.1. The van der Waals surface area contributed by atoms with Crippen LogP contribution >= 0.6 is 11.3 Å². The van der Waals surface area contributed by atoms with Gasteiger partial charge in [-0.25, -0.2) is 15.0 Å². The fourth-order valence-electron chi connectivity index (χ4n) is 3.34. The van der Waals surface area contributed by atoms with Gasteiger partial charge >= 0.3 is 0 Å². The number of hydrogen-bond acceptors (Lipinski definition) is 10. The molecule has 10 heteroatoms. The van der Waals surface area contributed by atoms with Crippen LogP contribution in [-0.2, 0) is 17.8 Å². The number of anilines is 4. The molecule has 0 atom stereocenters. The molecule has 0 aliphatic rings. The van der Waals surface area contributed by atoms with Gasteiger partial charge in [0.1, 0.15) is 23.2 Å². The van der Waals surface area contributed by atoms with E-state index >= 15 is 0 Å². The molecule has 4 rings (SSSR count). The number of benzene rings is 1. The molecule has 1 aromatic carbocycles. The van der Waals surface area contributed by atoms with Crippen molar-refractivity contribution in [2.24, 2.45) is 0 Å². The molecule has 0 saturated heterocycles. The molecular weight excluding hydrogens is 476 g/mol. The normalized spacial score (nSPS) is 10.5. The molecule has 184 valence electrons. The topological polar surface area (TPSA) is 111 Å². The molecule has 0 aliphatic heterocycles. The fraction of sp³-hybridized carbons (Fsp3) is 0.192. The van der Waals surface area contributed by atoms with Crippen LogP contribution in [-0.4, -0.2) is 32.8 Å². The van der Waals surface area contributed by atoms with E-state index in [1.165, 1.54) is 17.4 Å². The van der Waals surface area contributed by atoms with E-state index in [-0.39, 0.29) is 12.2 Å². The quantitative estimate of drug-likeness (QED) is 0.263. The Hall–Kier alpha value is -4.31. The van der Waals surface area contributed by atoms with Crippen molar-refractivity contribution in [3.05, 3.63) is 82.6 Å². The van der Waals surface area contributed by atoms with Gasteiger partial charge < -0.3 is 20.1 Å². The van der Waals surface area contributed by atoms with E-state index in [1.54, 1.807) is 31.8 Å². The molecule has 36 heavy (non-hydrogen) atoms. The maximum atomic E-state index is 12.3. The highest BCUT2D eigenvalue weighted by atomic mass is 32.1. The summed E-state index contributed by atoms with van der Waals surface area (Å²) in [6.07, 6.45) is 6.61. The van der Waals surface area contributed by atoms with Crippen molar-refractivity contribution in [2.75, 3.05) is 17.7 Å². The number of nitrogens with zero attached hydrogens (tertiary/aromatic N) is 4. The largest absolute Gasteiger partial charge is 0.486 e. The highest BCUT2D eigenvalue weighted by Crippen LogP contribution is 2.32. The van der Waals surface area contributed by atoms with Gasteiger partial charge in [0.05, 0.1) is 12.8 Å². The lowest BCUT2D eigenvalue weighted by Crippen LogP contribution is -2.08. The third kappa shape index (κ3) is 6.02. The average Bonchev–Trinajstić information content (AvgIpc) is 3.41. The summed E-state index contributed by atoms with van der Waals surface area (Å²) in [5.74, 6) is 1.96. The molecule has 3 aromatic heterocycles. The highest BCUT2D eigenvalue weighted by molar-refractivity contribution is 7.09. The first-order valence-electron chi connectivity index (χ1n) is 11.1. The second-order valence-electron chi connectivity index (χ2n) is 7.86. The molecule has 2 N–H and O–H groups in total. The number of ketones is 1. The van der Waals surface area contributed by atoms with Crippen molar-refractivity contribution >= 4 is 40.3 Å². The van der Waals surface area contributed by atoms with E-state index in [0.717, 1.165) is 21.8 Å². The minimum atomic E-state index is -0.118. The van der Waals surface area contributed by atoms with Crippen LogP contribution < -0.4 is 20.1 Å². The number of aromatic nitrogens is 4. The number of methoxy groups -OCH3 is 1. The van der Waals surface area contributed by atoms with Crippen LogP contribution in [0.25, 0.3) is 0 Å². The molecule has 0 bridgehead atoms. The lowest BCUT2D eigenvalue weighted by atomic mass is 10.0. The summed E-state index contributed by atoms with van der Waals surface area (Å²) in [5.41, 5.74) is 3.95. The van der Waals surface area contributed by atoms with Crippen LogP contribution in [0.1, 0.15) is 21.7 Å². The standard InChI is InChI=1S/C26H26N6O3S/c1-5-18(33)11-19-20(7-6-8-22(19)35-15-24-27-9-10-36-24)30-25-17(3)14-29-26(32-25)31-21-12-23(34-4)28-13-16(21)2/h5-10,12-14H,1,11,15H2,2-4H3,(H2,28,29,30,31,32). The molecule has 0 aliphatic carbocycles. The summed E-state index contributed by atoms with van der Waals surface area (Å²) >= 11 is 1.51. The monoisotopic (exact) mass is 502 g/mol. The summed E-state index contributed by atoms with van der Waals surface area (Å²) < 4.78 is 11.3. The van der Waals surface area contributed by atoms with Gasteiger partial charge in [-0.15, -0.1) is 11.3 Å². The van der Waals surface area contributed by atoms with E-state index in [2.05, 4.69) is 37.1 Å². The molecule has 0 radical (unpaired) electrons. The minimum absolute atomic E-state index is 0.118. The summed E-state index contributed by atoms with van der Waals surface area (Å²) in [5, 5.41) is 9.32. The summed E-state index contributed by atoms with van der Waals surface area (Å²) in [6, 6.07) is 7.37. The number of nitrogens with one attached hydrogen (secondary N) is 2. The number of allylic oxidation sites excluding steroid dienone is 1. The molecule has 0 fully saturated rings. The van der Waals surface area contributed by atoms with Gasteiger partial charge in [0.25, 0.3) is 0 Å². The van der Waals surface area contributed by atoms with Gasteiger partial charge in [0, 0.05) is 53.3 Å². The molecule has 0 saturated carbocycles. The van der Waals surface area contributed by atoms with Gasteiger partial charge in [-0.2, -0.15) is 4.98 Å². The van der Waals surface area contributed by atoms with Gasteiger partial charge in [0.2, 0.25) is 11.8 Å². The summed E-state index contributed by atoms with van der Waals surface area (Å²) in [4.78, 5) is 29.9.